The van der Waals surface area contributed by atoms with E-state index in [1.54, 1.807) is 0 Å². The number of hydrogen-bond acceptors (Lipinski definition) is 4. The molecular formula is C13H20N4O. The Hall–Kier alpha value is -1.59. The molecule has 0 saturated carbocycles. The predicted octanol–water partition coefficient (Wildman–Crippen LogP) is 1.77. The van der Waals surface area contributed by atoms with Gasteiger partial charge in [-0.25, -0.2) is 0 Å². The lowest BCUT2D eigenvalue weighted by Gasteiger charge is -2.14. The van der Waals surface area contributed by atoms with Crippen molar-refractivity contribution in [3.8, 4) is 0 Å². The first-order valence-electron chi connectivity index (χ1n) is 6.10. The van der Waals surface area contributed by atoms with Gasteiger partial charge in [-0.3, -0.25) is 16.0 Å². The minimum Gasteiger partial charge on any atom is -0.466 e. The van der Waals surface area contributed by atoms with Crippen LogP contribution in [0.3, 0.4) is 0 Å². The molecule has 98 valence electrons. The lowest BCUT2D eigenvalue weighted by Crippen LogP contribution is -2.28. The van der Waals surface area contributed by atoms with Crippen molar-refractivity contribution in [3.05, 3.63) is 41.1 Å². The Kier molecular flexibility index (Phi) is 3.84. The quantitative estimate of drug-likeness (QED) is 0.625. The second-order valence-corrected chi connectivity index (χ2v) is 4.65. The van der Waals surface area contributed by atoms with Gasteiger partial charge in [0.05, 0.1) is 6.20 Å². The van der Waals surface area contributed by atoms with Gasteiger partial charge in [-0.2, -0.15) is 5.10 Å². The molecule has 18 heavy (non-hydrogen) atoms. The number of rotatable bonds is 5. The maximum Gasteiger partial charge on any atom is 0.105 e. The summed E-state index contributed by atoms with van der Waals surface area (Å²) in [6.07, 6.45) is 5.77. The number of aromatic nitrogens is 2. The van der Waals surface area contributed by atoms with Crippen molar-refractivity contribution in [2.75, 3.05) is 0 Å². The average molecular weight is 248 g/mol. The van der Waals surface area contributed by atoms with Crippen LogP contribution in [-0.2, 0) is 13.5 Å². The van der Waals surface area contributed by atoms with Crippen LogP contribution < -0.4 is 11.3 Å². The third-order valence-electron chi connectivity index (χ3n) is 3.14. The minimum atomic E-state index is 0.114. The zero-order valence-corrected chi connectivity index (χ0v) is 11.1. The average Bonchev–Trinajstić information content (AvgIpc) is 2.87. The normalized spacial score (nSPS) is 12.9. The molecule has 1 atom stereocenters. The van der Waals surface area contributed by atoms with Gasteiger partial charge < -0.3 is 4.42 Å². The van der Waals surface area contributed by atoms with Crippen LogP contribution in [0, 0.1) is 13.8 Å². The van der Waals surface area contributed by atoms with E-state index in [1.807, 2.05) is 44.0 Å². The molecule has 2 aromatic heterocycles. The highest BCUT2D eigenvalue weighted by atomic mass is 16.3. The molecule has 0 amide bonds. The van der Waals surface area contributed by atoms with Gasteiger partial charge in [0, 0.05) is 24.8 Å². The van der Waals surface area contributed by atoms with E-state index in [0.29, 0.717) is 0 Å². The van der Waals surface area contributed by atoms with E-state index < -0.39 is 0 Å². The first kappa shape index (κ1) is 12.9. The van der Waals surface area contributed by atoms with Crippen LogP contribution in [0.4, 0.5) is 0 Å². The molecule has 0 aromatic carbocycles. The summed E-state index contributed by atoms with van der Waals surface area (Å²) in [6, 6.07) is 2.16. The number of aryl methyl sites for hydroxylation is 4. The Morgan fingerprint density at radius 2 is 2.28 bits per heavy atom. The van der Waals surface area contributed by atoms with Crippen molar-refractivity contribution in [3.63, 3.8) is 0 Å². The van der Waals surface area contributed by atoms with E-state index in [4.69, 9.17) is 10.3 Å². The number of furan rings is 1. The summed E-state index contributed by atoms with van der Waals surface area (Å²) in [7, 11) is 1.92. The standard InChI is InChI=1S/C13H20N4O/c1-9-6-12(10(2)18-9)13(16-14)5-4-11-7-15-17(3)8-11/h6-8,13,16H,4-5,14H2,1-3H3. The van der Waals surface area contributed by atoms with Gasteiger partial charge in [-0.1, -0.05) is 0 Å². The molecule has 0 spiro atoms. The summed E-state index contributed by atoms with van der Waals surface area (Å²) in [6.45, 7) is 3.92. The molecule has 1 unspecified atom stereocenters. The zero-order chi connectivity index (χ0) is 13.1. The van der Waals surface area contributed by atoms with E-state index in [9.17, 15) is 0 Å². The van der Waals surface area contributed by atoms with Crippen LogP contribution in [0.1, 0.15) is 35.1 Å². The summed E-state index contributed by atoms with van der Waals surface area (Å²) in [5, 5.41) is 4.16. The monoisotopic (exact) mass is 248 g/mol. The Labute approximate surface area is 107 Å². The summed E-state index contributed by atoms with van der Waals surface area (Å²) in [4.78, 5) is 0. The topological polar surface area (TPSA) is 69.0 Å². The summed E-state index contributed by atoms with van der Waals surface area (Å²) in [5.41, 5.74) is 5.22. The molecule has 0 aliphatic heterocycles. The number of nitrogens with zero attached hydrogens (tertiary/aromatic N) is 2. The molecule has 0 saturated heterocycles. The van der Waals surface area contributed by atoms with Crippen LogP contribution in [0.25, 0.3) is 0 Å². The van der Waals surface area contributed by atoms with Crippen molar-refractivity contribution in [1.82, 2.24) is 15.2 Å². The fourth-order valence-electron chi connectivity index (χ4n) is 2.24. The number of nitrogens with one attached hydrogen (secondary N) is 1. The Bertz CT molecular complexity index is 515. The summed E-state index contributed by atoms with van der Waals surface area (Å²) in [5.74, 6) is 7.49. The first-order chi connectivity index (χ1) is 8.60. The SMILES string of the molecule is Cc1cc(C(CCc2cnn(C)c2)NN)c(C)o1. The number of hydrazine groups is 1. The lowest BCUT2D eigenvalue weighted by atomic mass is 10.0. The Balaban J connectivity index is 2.03. The van der Waals surface area contributed by atoms with Crippen molar-refractivity contribution in [2.24, 2.45) is 12.9 Å². The highest BCUT2D eigenvalue weighted by Crippen LogP contribution is 2.24. The smallest absolute Gasteiger partial charge is 0.105 e. The largest absolute Gasteiger partial charge is 0.466 e. The Morgan fingerprint density at radius 1 is 1.50 bits per heavy atom. The van der Waals surface area contributed by atoms with Gasteiger partial charge in [-0.05, 0) is 38.3 Å². The van der Waals surface area contributed by atoms with Gasteiger partial charge in [0.1, 0.15) is 11.5 Å². The highest BCUT2D eigenvalue weighted by molar-refractivity contribution is 5.24. The predicted molar refractivity (Wildman–Crippen MR) is 69.8 cm³/mol. The zero-order valence-electron chi connectivity index (χ0n) is 11.1. The van der Waals surface area contributed by atoms with Crippen LogP contribution in [0.15, 0.2) is 22.9 Å². The molecule has 5 nitrogen and oxygen atoms in total. The molecule has 0 aliphatic rings. The molecule has 2 rings (SSSR count). The van der Waals surface area contributed by atoms with Crippen LogP contribution in [0.5, 0.6) is 0 Å². The molecule has 0 bridgehead atoms. The van der Waals surface area contributed by atoms with Crippen molar-refractivity contribution in [1.29, 1.82) is 0 Å². The molecule has 3 N–H and O–H groups in total. The summed E-state index contributed by atoms with van der Waals surface area (Å²) < 4.78 is 7.35. The molecular weight excluding hydrogens is 228 g/mol. The van der Waals surface area contributed by atoms with Crippen molar-refractivity contribution < 1.29 is 4.42 Å². The molecule has 0 fully saturated rings. The van der Waals surface area contributed by atoms with E-state index in [1.165, 1.54) is 5.56 Å². The van der Waals surface area contributed by atoms with Crippen molar-refractivity contribution >= 4 is 0 Å². The molecule has 0 aliphatic carbocycles. The van der Waals surface area contributed by atoms with Gasteiger partial charge in [0.15, 0.2) is 0 Å². The lowest BCUT2D eigenvalue weighted by molar-refractivity contribution is 0.474. The maximum atomic E-state index is 5.64. The van der Waals surface area contributed by atoms with Crippen LogP contribution >= 0.6 is 0 Å². The minimum absolute atomic E-state index is 0.114. The highest BCUT2D eigenvalue weighted by Gasteiger charge is 2.16. The number of nitrogens with two attached hydrogens (primary N) is 1. The van der Waals surface area contributed by atoms with E-state index in [2.05, 4.69) is 10.5 Å². The van der Waals surface area contributed by atoms with Gasteiger partial charge in [0.2, 0.25) is 0 Å². The maximum absolute atomic E-state index is 5.64. The first-order valence-corrected chi connectivity index (χ1v) is 6.10. The van der Waals surface area contributed by atoms with Gasteiger partial charge >= 0.3 is 0 Å². The summed E-state index contributed by atoms with van der Waals surface area (Å²) >= 11 is 0. The third kappa shape index (κ3) is 2.80. The van der Waals surface area contributed by atoms with E-state index >= 15 is 0 Å². The van der Waals surface area contributed by atoms with Crippen LogP contribution in [0.2, 0.25) is 0 Å². The van der Waals surface area contributed by atoms with E-state index in [0.717, 1.165) is 29.9 Å². The fraction of sp³-hybridized carbons (Fsp3) is 0.462. The van der Waals surface area contributed by atoms with Crippen LogP contribution in [-0.4, -0.2) is 9.78 Å². The van der Waals surface area contributed by atoms with Gasteiger partial charge in [-0.15, -0.1) is 0 Å². The van der Waals surface area contributed by atoms with Gasteiger partial charge in [0.25, 0.3) is 0 Å². The van der Waals surface area contributed by atoms with E-state index in [-0.39, 0.29) is 6.04 Å². The Morgan fingerprint density at radius 3 is 2.78 bits per heavy atom. The fourth-order valence-corrected chi connectivity index (χ4v) is 2.24. The second kappa shape index (κ2) is 5.37. The molecule has 2 aromatic rings. The second-order valence-electron chi connectivity index (χ2n) is 4.65. The third-order valence-corrected chi connectivity index (χ3v) is 3.14. The molecule has 2 heterocycles. The molecule has 5 heteroatoms. The van der Waals surface area contributed by atoms with Crippen molar-refractivity contribution in [2.45, 2.75) is 32.7 Å². The number of hydrogen-bond donors (Lipinski definition) is 2. The molecule has 0 radical (unpaired) electrons.